The second-order valence-corrected chi connectivity index (χ2v) is 6.17. The second-order valence-electron chi connectivity index (χ2n) is 6.17. The van der Waals surface area contributed by atoms with Gasteiger partial charge in [0.25, 0.3) is 11.1 Å². The van der Waals surface area contributed by atoms with Crippen LogP contribution in [0, 0.1) is 0 Å². The van der Waals surface area contributed by atoms with E-state index in [1.54, 1.807) is 33.5 Å². The zero-order valence-electron chi connectivity index (χ0n) is 13.6. The predicted octanol–water partition coefficient (Wildman–Crippen LogP) is 1.92. The Morgan fingerprint density at radius 3 is 2.88 bits per heavy atom. The smallest absolute Gasteiger partial charge is 0.295 e. The maximum Gasteiger partial charge on any atom is 0.295 e. The van der Waals surface area contributed by atoms with Crippen LogP contribution in [0.5, 0.6) is 0 Å². The van der Waals surface area contributed by atoms with Crippen LogP contribution in [0.1, 0.15) is 38.8 Å². The van der Waals surface area contributed by atoms with E-state index >= 15 is 0 Å². The lowest BCUT2D eigenvalue weighted by molar-refractivity contribution is -0.0421. The zero-order valence-corrected chi connectivity index (χ0v) is 13.6. The lowest BCUT2D eigenvalue weighted by Gasteiger charge is -2.23. The van der Waals surface area contributed by atoms with E-state index in [4.69, 9.17) is 4.74 Å². The van der Waals surface area contributed by atoms with Gasteiger partial charge in [-0.05, 0) is 37.8 Å². The Morgan fingerprint density at radius 1 is 1.25 bits per heavy atom. The molecule has 7 nitrogen and oxygen atoms in total. The SMILES string of the molecule is CCCn1c(=O)c2cccn2c2c(=O)n(C3CCCCO3)ncc21. The van der Waals surface area contributed by atoms with Crippen LogP contribution in [0.15, 0.2) is 34.1 Å². The third-order valence-electron chi connectivity index (χ3n) is 4.58. The molecule has 0 aliphatic carbocycles. The van der Waals surface area contributed by atoms with E-state index < -0.39 is 0 Å². The Balaban J connectivity index is 2.05. The molecule has 4 rings (SSSR count). The fourth-order valence-corrected chi connectivity index (χ4v) is 3.44. The van der Waals surface area contributed by atoms with E-state index in [9.17, 15) is 9.59 Å². The zero-order chi connectivity index (χ0) is 16.7. The number of rotatable bonds is 3. The largest absolute Gasteiger partial charge is 0.356 e. The summed E-state index contributed by atoms with van der Waals surface area (Å²) in [4.78, 5) is 25.8. The molecule has 0 N–H and O–H groups in total. The average molecular weight is 328 g/mol. The van der Waals surface area contributed by atoms with Crippen molar-refractivity contribution in [2.24, 2.45) is 0 Å². The molecule has 1 unspecified atom stereocenters. The van der Waals surface area contributed by atoms with E-state index in [1.165, 1.54) is 4.68 Å². The number of aryl methyl sites for hydroxylation is 1. The molecule has 0 radical (unpaired) electrons. The summed E-state index contributed by atoms with van der Waals surface area (Å²) in [5.41, 5.74) is 1.25. The summed E-state index contributed by atoms with van der Waals surface area (Å²) in [5, 5.41) is 4.31. The van der Waals surface area contributed by atoms with Crippen molar-refractivity contribution in [2.75, 3.05) is 6.61 Å². The van der Waals surface area contributed by atoms with Crippen molar-refractivity contribution in [1.82, 2.24) is 18.7 Å². The van der Waals surface area contributed by atoms with Crippen molar-refractivity contribution >= 4 is 16.6 Å². The highest BCUT2D eigenvalue weighted by Gasteiger charge is 2.21. The van der Waals surface area contributed by atoms with Gasteiger partial charge in [0.05, 0.1) is 11.7 Å². The van der Waals surface area contributed by atoms with Gasteiger partial charge in [-0.2, -0.15) is 9.78 Å². The molecular formula is C17H20N4O3. The van der Waals surface area contributed by atoms with Crippen molar-refractivity contribution in [3.8, 4) is 0 Å². The minimum Gasteiger partial charge on any atom is -0.356 e. The Morgan fingerprint density at radius 2 is 2.12 bits per heavy atom. The average Bonchev–Trinajstić information content (AvgIpc) is 3.09. The maximum atomic E-state index is 13.1. The number of nitrogens with zero attached hydrogens (tertiary/aromatic N) is 4. The van der Waals surface area contributed by atoms with Gasteiger partial charge < -0.3 is 13.7 Å². The molecule has 1 saturated heterocycles. The van der Waals surface area contributed by atoms with E-state index in [2.05, 4.69) is 5.10 Å². The lowest BCUT2D eigenvalue weighted by atomic mass is 10.2. The van der Waals surface area contributed by atoms with E-state index in [0.29, 0.717) is 29.7 Å². The van der Waals surface area contributed by atoms with E-state index in [1.807, 2.05) is 6.92 Å². The van der Waals surface area contributed by atoms with E-state index in [-0.39, 0.29) is 17.3 Å². The molecule has 126 valence electrons. The summed E-state index contributed by atoms with van der Waals surface area (Å²) in [6.45, 7) is 3.21. The summed E-state index contributed by atoms with van der Waals surface area (Å²) in [5.74, 6) is 0. The van der Waals surface area contributed by atoms with Crippen LogP contribution < -0.4 is 11.1 Å². The van der Waals surface area contributed by atoms with Crippen LogP contribution >= 0.6 is 0 Å². The van der Waals surface area contributed by atoms with Gasteiger partial charge in [-0.25, -0.2) is 0 Å². The van der Waals surface area contributed by atoms with Crippen LogP contribution in [0.2, 0.25) is 0 Å². The summed E-state index contributed by atoms with van der Waals surface area (Å²) < 4.78 is 10.4. The number of aromatic nitrogens is 4. The fourth-order valence-electron chi connectivity index (χ4n) is 3.44. The maximum absolute atomic E-state index is 13.1. The van der Waals surface area contributed by atoms with Crippen molar-refractivity contribution in [3.05, 3.63) is 45.2 Å². The molecule has 0 saturated carbocycles. The molecule has 4 heterocycles. The van der Waals surface area contributed by atoms with Gasteiger partial charge in [0.15, 0.2) is 6.23 Å². The Kier molecular flexibility index (Phi) is 3.72. The highest BCUT2D eigenvalue weighted by Crippen LogP contribution is 2.21. The van der Waals surface area contributed by atoms with Crippen molar-refractivity contribution in [2.45, 2.75) is 45.4 Å². The number of hydrogen-bond acceptors (Lipinski definition) is 4. The Bertz CT molecular complexity index is 1010. The third-order valence-corrected chi connectivity index (χ3v) is 4.58. The molecule has 0 spiro atoms. The van der Waals surface area contributed by atoms with Gasteiger partial charge in [-0.15, -0.1) is 0 Å². The predicted molar refractivity (Wildman–Crippen MR) is 90.3 cm³/mol. The van der Waals surface area contributed by atoms with Gasteiger partial charge in [-0.1, -0.05) is 6.92 Å². The minimum atomic E-state index is -0.326. The molecule has 24 heavy (non-hydrogen) atoms. The molecule has 1 fully saturated rings. The first-order chi connectivity index (χ1) is 11.7. The monoisotopic (exact) mass is 328 g/mol. The van der Waals surface area contributed by atoms with Crippen LogP contribution in [0.3, 0.4) is 0 Å². The van der Waals surface area contributed by atoms with E-state index in [0.717, 1.165) is 25.7 Å². The van der Waals surface area contributed by atoms with Gasteiger partial charge in [0.1, 0.15) is 11.0 Å². The van der Waals surface area contributed by atoms with Crippen molar-refractivity contribution in [1.29, 1.82) is 0 Å². The van der Waals surface area contributed by atoms with Crippen molar-refractivity contribution < 1.29 is 4.74 Å². The van der Waals surface area contributed by atoms with Crippen LogP contribution in [-0.4, -0.2) is 25.4 Å². The first-order valence-electron chi connectivity index (χ1n) is 8.45. The highest BCUT2D eigenvalue weighted by atomic mass is 16.5. The molecule has 7 heteroatoms. The first-order valence-corrected chi connectivity index (χ1v) is 8.45. The molecule has 0 aromatic carbocycles. The van der Waals surface area contributed by atoms with Crippen LogP contribution in [-0.2, 0) is 11.3 Å². The second kappa shape index (κ2) is 5.90. The van der Waals surface area contributed by atoms with Gasteiger partial charge in [-0.3, -0.25) is 9.59 Å². The first kappa shape index (κ1) is 15.1. The lowest BCUT2D eigenvalue weighted by Crippen LogP contribution is -2.34. The summed E-state index contributed by atoms with van der Waals surface area (Å²) >= 11 is 0. The Hall–Kier alpha value is -2.41. The standard InChI is InChI=1S/C17H20N4O3/c1-2-8-20-13-11-18-21(14-7-3-4-10-24-14)17(23)15(13)19-9-5-6-12(19)16(20)22/h5-6,9,11,14H,2-4,7-8,10H2,1H3. The normalized spacial score (nSPS) is 18.5. The van der Waals surface area contributed by atoms with Crippen LogP contribution in [0.25, 0.3) is 16.6 Å². The number of ether oxygens (including phenoxy) is 1. The van der Waals surface area contributed by atoms with Gasteiger partial charge >= 0.3 is 0 Å². The van der Waals surface area contributed by atoms with Gasteiger partial charge in [0.2, 0.25) is 0 Å². The molecule has 0 bridgehead atoms. The highest BCUT2D eigenvalue weighted by molar-refractivity contribution is 5.77. The third kappa shape index (κ3) is 2.19. The number of hydrogen-bond donors (Lipinski definition) is 0. The summed E-state index contributed by atoms with van der Waals surface area (Å²) in [7, 11) is 0. The fraction of sp³-hybridized carbons (Fsp3) is 0.471. The molecular weight excluding hydrogens is 308 g/mol. The molecule has 0 amide bonds. The topological polar surface area (TPSA) is 70.5 Å². The van der Waals surface area contributed by atoms with Crippen LogP contribution in [0.4, 0.5) is 0 Å². The Labute approximate surface area is 138 Å². The molecule has 1 aliphatic rings. The molecule has 1 atom stereocenters. The molecule has 1 aliphatic heterocycles. The minimum absolute atomic E-state index is 0.0952. The molecule has 3 aromatic heterocycles. The summed E-state index contributed by atoms with van der Waals surface area (Å²) in [6, 6.07) is 3.53. The quantitative estimate of drug-likeness (QED) is 0.736. The van der Waals surface area contributed by atoms with Gasteiger partial charge in [0, 0.05) is 19.3 Å². The molecule has 3 aromatic rings. The van der Waals surface area contributed by atoms with Crippen molar-refractivity contribution in [3.63, 3.8) is 0 Å². The number of fused-ring (bicyclic) bond motifs is 3. The summed E-state index contributed by atoms with van der Waals surface area (Å²) in [6.07, 6.45) is 6.66.